The van der Waals surface area contributed by atoms with Gasteiger partial charge in [0.05, 0.1) is 6.54 Å². The van der Waals surface area contributed by atoms with E-state index in [1.165, 1.54) is 0 Å². The van der Waals surface area contributed by atoms with Gasteiger partial charge in [0.15, 0.2) is 0 Å². The first-order valence-corrected chi connectivity index (χ1v) is 4.22. The van der Waals surface area contributed by atoms with Crippen LogP contribution < -0.4 is 10.2 Å². The molecule has 1 atom stereocenters. The fourth-order valence-corrected chi connectivity index (χ4v) is 0.920. The monoisotopic (exact) mass is 208 g/mol. The van der Waals surface area contributed by atoms with Gasteiger partial charge >= 0.3 is 5.97 Å². The van der Waals surface area contributed by atoms with E-state index in [0.717, 1.165) is 0 Å². The third-order valence-electron chi connectivity index (χ3n) is 1.48. The Morgan fingerprint density at radius 3 is 2.31 bits per heavy atom. The third-order valence-corrected chi connectivity index (χ3v) is 1.61. The van der Waals surface area contributed by atoms with E-state index in [4.69, 9.17) is 16.9 Å². The summed E-state index contributed by atoms with van der Waals surface area (Å²) >= 11 is 5.08. The van der Waals surface area contributed by atoms with Gasteiger partial charge in [0.2, 0.25) is 5.91 Å². The van der Waals surface area contributed by atoms with E-state index in [1.54, 1.807) is 13.8 Å². The number of hydrogen-bond acceptors (Lipinski definition) is 3. The van der Waals surface area contributed by atoms with Gasteiger partial charge in [0.1, 0.15) is 6.04 Å². The fraction of sp³-hybridized carbons (Fsp3) is 0.714. The van der Waals surface area contributed by atoms with Gasteiger partial charge in [-0.25, -0.2) is 9.63 Å². The number of hydrogen-bond donors (Lipinski definition) is 3. The molecule has 0 saturated carbocycles. The highest BCUT2D eigenvalue weighted by Gasteiger charge is 2.22. The fourth-order valence-electron chi connectivity index (χ4n) is 0.799. The molecule has 0 rings (SSSR count). The molecule has 3 N–H and O–H groups in total. The molecule has 0 radical (unpaired) electrons. The van der Waals surface area contributed by atoms with Crippen LogP contribution in [-0.2, 0) is 9.59 Å². The summed E-state index contributed by atoms with van der Waals surface area (Å²) < 4.78 is 0. The third kappa shape index (κ3) is 4.69. The van der Waals surface area contributed by atoms with E-state index in [-0.39, 0.29) is 12.5 Å². The molecular weight excluding hydrogens is 196 g/mol. The van der Waals surface area contributed by atoms with Crippen molar-refractivity contribution >= 4 is 23.7 Å². The van der Waals surface area contributed by atoms with Crippen molar-refractivity contribution in [2.45, 2.75) is 19.9 Å². The minimum Gasteiger partial charge on any atom is -0.480 e. The molecule has 0 saturated heterocycles. The number of carbonyl (C=O) groups excluding carboxylic acids is 1. The number of amides is 1. The van der Waals surface area contributed by atoms with Crippen LogP contribution in [0.2, 0.25) is 0 Å². The predicted molar refractivity (Wildman–Crippen MR) is 48.3 cm³/mol. The Morgan fingerprint density at radius 1 is 1.46 bits per heavy atom. The molecule has 0 aliphatic rings. The van der Waals surface area contributed by atoms with Gasteiger partial charge in [-0.2, -0.15) is 0 Å². The summed E-state index contributed by atoms with van der Waals surface area (Å²) in [6.07, 6.45) is 0. The van der Waals surface area contributed by atoms with E-state index in [9.17, 15) is 9.59 Å². The van der Waals surface area contributed by atoms with Crippen LogP contribution in [0.25, 0.3) is 0 Å². The molecule has 76 valence electrons. The Kier molecular flexibility index (Phi) is 5.41. The lowest BCUT2D eigenvalue weighted by molar-refractivity contribution is -0.142. The highest BCUT2D eigenvalue weighted by Crippen LogP contribution is 2.00. The van der Waals surface area contributed by atoms with Crippen LogP contribution >= 0.6 is 11.8 Å². The molecule has 0 heterocycles. The summed E-state index contributed by atoms with van der Waals surface area (Å²) in [4.78, 5) is 23.7. The minimum atomic E-state index is -1.04. The summed E-state index contributed by atoms with van der Waals surface area (Å²) in [5.74, 6) is -1.63. The minimum absolute atomic E-state index is 0.0992. The van der Waals surface area contributed by atoms with Crippen LogP contribution in [0.5, 0.6) is 0 Å². The maximum absolute atomic E-state index is 10.9. The highest BCUT2D eigenvalue weighted by atomic mass is 35.5. The molecule has 0 aromatic rings. The van der Waals surface area contributed by atoms with Gasteiger partial charge in [0.25, 0.3) is 0 Å². The average Bonchev–Trinajstić information content (AvgIpc) is 1.99. The van der Waals surface area contributed by atoms with Gasteiger partial charge < -0.3 is 10.4 Å². The number of carbonyl (C=O) groups is 2. The highest BCUT2D eigenvalue weighted by molar-refractivity contribution is 6.14. The molecule has 6 heteroatoms. The zero-order valence-electron chi connectivity index (χ0n) is 7.50. The second-order valence-electron chi connectivity index (χ2n) is 2.94. The smallest absolute Gasteiger partial charge is 0.326 e. The molecule has 1 amide bonds. The average molecular weight is 209 g/mol. The van der Waals surface area contributed by atoms with E-state index < -0.39 is 17.9 Å². The summed E-state index contributed by atoms with van der Waals surface area (Å²) in [5.41, 5.74) is 0. The van der Waals surface area contributed by atoms with E-state index in [0.29, 0.717) is 0 Å². The standard InChI is InChI=1S/C7H13ClN2O3/c1-4(2)6(7(12)13)10-5(11)3-9-8/h4,6,9H,3H2,1-2H3,(H,10,11)(H,12,13)/t6-/m0/s1. The zero-order valence-corrected chi connectivity index (χ0v) is 8.26. The lowest BCUT2D eigenvalue weighted by Crippen LogP contribution is -2.46. The first kappa shape index (κ1) is 12.2. The van der Waals surface area contributed by atoms with Gasteiger partial charge in [-0.1, -0.05) is 13.8 Å². The summed E-state index contributed by atoms with van der Waals surface area (Å²) in [6, 6.07) is -0.863. The number of nitrogens with one attached hydrogen (secondary N) is 2. The van der Waals surface area contributed by atoms with Gasteiger partial charge in [-0.15, -0.1) is 0 Å². The van der Waals surface area contributed by atoms with Crippen LogP contribution in [-0.4, -0.2) is 29.6 Å². The van der Waals surface area contributed by atoms with Crippen LogP contribution in [0.15, 0.2) is 0 Å². The van der Waals surface area contributed by atoms with Crippen LogP contribution in [0.1, 0.15) is 13.8 Å². The van der Waals surface area contributed by atoms with E-state index in [2.05, 4.69) is 10.2 Å². The van der Waals surface area contributed by atoms with Crippen molar-refractivity contribution in [1.29, 1.82) is 0 Å². The molecule has 0 aromatic carbocycles. The lowest BCUT2D eigenvalue weighted by Gasteiger charge is -2.17. The van der Waals surface area contributed by atoms with Crippen molar-refractivity contribution in [3.63, 3.8) is 0 Å². The van der Waals surface area contributed by atoms with Crippen molar-refractivity contribution in [3.05, 3.63) is 0 Å². The van der Waals surface area contributed by atoms with Gasteiger partial charge in [-0.3, -0.25) is 4.79 Å². The van der Waals surface area contributed by atoms with Crippen molar-refractivity contribution in [3.8, 4) is 0 Å². The quantitative estimate of drug-likeness (QED) is 0.554. The summed E-state index contributed by atoms with van der Waals surface area (Å²) in [7, 11) is 0. The Hall–Kier alpha value is -0.810. The molecular formula is C7H13ClN2O3. The Morgan fingerprint density at radius 2 is 2.00 bits per heavy atom. The van der Waals surface area contributed by atoms with E-state index >= 15 is 0 Å². The van der Waals surface area contributed by atoms with Crippen LogP contribution in [0, 0.1) is 5.92 Å². The second kappa shape index (κ2) is 5.77. The first-order valence-electron chi connectivity index (χ1n) is 3.84. The van der Waals surface area contributed by atoms with Crippen molar-refractivity contribution in [2.24, 2.45) is 5.92 Å². The SMILES string of the molecule is CC(C)[C@H](NC(=O)CNCl)C(=O)O. The summed E-state index contributed by atoms with van der Waals surface area (Å²) in [6.45, 7) is 3.33. The first-order chi connectivity index (χ1) is 5.99. The van der Waals surface area contributed by atoms with Crippen molar-refractivity contribution in [2.75, 3.05) is 6.54 Å². The largest absolute Gasteiger partial charge is 0.480 e. The number of rotatable bonds is 5. The predicted octanol–water partition coefficient (Wildman–Crippen LogP) is -0.0448. The number of carboxylic acid groups (broad SMARTS) is 1. The molecule has 0 unspecified atom stereocenters. The maximum atomic E-state index is 10.9. The topological polar surface area (TPSA) is 78.4 Å². The molecule has 0 aliphatic carbocycles. The Labute approximate surface area is 81.6 Å². The Bertz CT molecular complexity index is 196. The van der Waals surface area contributed by atoms with Crippen LogP contribution in [0.4, 0.5) is 0 Å². The van der Waals surface area contributed by atoms with Crippen molar-refractivity contribution in [1.82, 2.24) is 10.2 Å². The number of carboxylic acids is 1. The second-order valence-corrected chi connectivity index (χ2v) is 3.21. The number of aliphatic carboxylic acids is 1. The Balaban J connectivity index is 4.10. The molecule has 0 bridgehead atoms. The zero-order chi connectivity index (χ0) is 10.4. The molecule has 0 spiro atoms. The molecule has 0 aromatic heterocycles. The maximum Gasteiger partial charge on any atom is 0.326 e. The van der Waals surface area contributed by atoms with Gasteiger partial charge in [-0.05, 0) is 17.7 Å². The van der Waals surface area contributed by atoms with Crippen LogP contribution in [0.3, 0.4) is 0 Å². The van der Waals surface area contributed by atoms with Crippen molar-refractivity contribution < 1.29 is 14.7 Å². The van der Waals surface area contributed by atoms with E-state index in [1.807, 2.05) is 0 Å². The molecule has 0 aliphatic heterocycles. The lowest BCUT2D eigenvalue weighted by atomic mass is 10.1. The summed E-state index contributed by atoms with van der Waals surface area (Å²) in [5, 5.41) is 11.0. The van der Waals surface area contributed by atoms with Gasteiger partial charge in [0, 0.05) is 0 Å². The number of halogens is 1. The molecule has 5 nitrogen and oxygen atoms in total. The molecule has 0 fully saturated rings. The molecule has 13 heavy (non-hydrogen) atoms. The normalized spacial score (nSPS) is 12.6.